The van der Waals surface area contributed by atoms with Crippen molar-refractivity contribution < 1.29 is 14.6 Å². The molecule has 0 aromatic rings. The molecule has 37 heavy (non-hydrogen) atoms. The van der Waals surface area contributed by atoms with Crippen LogP contribution in [0.15, 0.2) is 0 Å². The number of esters is 1. The van der Waals surface area contributed by atoms with E-state index in [4.69, 9.17) is 15.6 Å². The number of rotatable bonds is 31. The van der Waals surface area contributed by atoms with Gasteiger partial charge >= 0.3 is 5.97 Å². The Morgan fingerprint density at radius 2 is 0.757 bits per heavy atom. The van der Waals surface area contributed by atoms with Gasteiger partial charge in [0.2, 0.25) is 0 Å². The normalized spacial score (nSPS) is 12.2. The van der Waals surface area contributed by atoms with Crippen LogP contribution in [0, 0.1) is 0 Å². The number of aliphatic hydroxyl groups excluding tert-OH is 1. The van der Waals surface area contributed by atoms with Gasteiger partial charge in [0.15, 0.2) is 0 Å². The van der Waals surface area contributed by atoms with Crippen molar-refractivity contribution in [2.24, 2.45) is 5.73 Å². The summed E-state index contributed by atoms with van der Waals surface area (Å²) in [6.07, 6.45) is 39.0. The van der Waals surface area contributed by atoms with E-state index in [1.54, 1.807) is 0 Å². The molecule has 0 aliphatic rings. The van der Waals surface area contributed by atoms with Crippen LogP contribution in [0.4, 0.5) is 0 Å². The molecule has 0 rings (SSSR count). The Bertz CT molecular complexity index is 443. The molecule has 0 radical (unpaired) electrons. The van der Waals surface area contributed by atoms with Crippen molar-refractivity contribution in [3.63, 3.8) is 0 Å². The second-order valence-corrected chi connectivity index (χ2v) is 11.5. The number of nitrogens with two attached hydrogens (primary N) is 1. The highest BCUT2D eigenvalue weighted by atomic mass is 16.5. The molecule has 0 saturated heterocycles. The molecule has 0 heterocycles. The summed E-state index contributed by atoms with van der Waals surface area (Å²) in [5.74, 6) is -0.493. The van der Waals surface area contributed by atoms with Gasteiger partial charge in [-0.2, -0.15) is 0 Å². The Balaban J connectivity index is 3.07. The summed E-state index contributed by atoms with van der Waals surface area (Å²) in [5, 5.41) is 8.79. The van der Waals surface area contributed by atoms with Gasteiger partial charge in [-0.3, -0.25) is 4.79 Å². The summed E-state index contributed by atoms with van der Waals surface area (Å²) >= 11 is 0. The van der Waals surface area contributed by atoms with Gasteiger partial charge in [-0.25, -0.2) is 0 Å². The largest absolute Gasteiger partial charge is 0.464 e. The maximum atomic E-state index is 11.3. The summed E-state index contributed by atoms with van der Waals surface area (Å²) in [6.45, 7) is 2.37. The van der Waals surface area contributed by atoms with Crippen LogP contribution in [0.3, 0.4) is 0 Å². The molecule has 0 bridgehead atoms. The summed E-state index contributed by atoms with van der Waals surface area (Å²) < 4.78 is 5.03. The molecule has 0 amide bonds. The molecule has 0 fully saturated rings. The molecule has 1 atom stereocenters. The topological polar surface area (TPSA) is 72.5 Å². The molecular formula is C33H67NO3. The minimum Gasteiger partial charge on any atom is -0.464 e. The molecule has 4 nitrogen and oxygen atoms in total. The Kier molecular flexibility index (Phi) is 31.1. The van der Waals surface area contributed by atoms with Gasteiger partial charge in [0, 0.05) is 0 Å². The van der Waals surface area contributed by atoms with E-state index in [9.17, 15) is 4.79 Å². The predicted molar refractivity (Wildman–Crippen MR) is 161 cm³/mol. The number of ether oxygens (including phenoxy) is 1. The molecule has 3 N–H and O–H groups in total. The molecule has 4 heteroatoms. The van der Waals surface area contributed by atoms with Crippen LogP contribution in [0.25, 0.3) is 0 Å². The van der Waals surface area contributed by atoms with E-state index in [0.29, 0.717) is 6.61 Å². The molecular weight excluding hydrogens is 458 g/mol. The predicted octanol–water partition coefficient (Wildman–Crippen LogP) is 9.79. The quantitative estimate of drug-likeness (QED) is 0.0697. The fourth-order valence-corrected chi connectivity index (χ4v) is 5.13. The van der Waals surface area contributed by atoms with Gasteiger partial charge in [0.05, 0.1) is 13.2 Å². The third-order valence-corrected chi connectivity index (χ3v) is 7.74. The van der Waals surface area contributed by atoms with Crippen LogP contribution >= 0.6 is 0 Å². The van der Waals surface area contributed by atoms with Crippen molar-refractivity contribution >= 4 is 5.97 Å². The number of aliphatic hydroxyl groups is 1. The molecule has 0 aliphatic heterocycles. The average Bonchev–Trinajstić information content (AvgIpc) is 2.91. The fraction of sp³-hybridized carbons (Fsp3) is 0.970. The lowest BCUT2D eigenvalue weighted by atomic mass is 10.0. The second-order valence-electron chi connectivity index (χ2n) is 11.5. The average molecular weight is 526 g/mol. The summed E-state index contributed by atoms with van der Waals surface area (Å²) in [6, 6.07) is -0.890. The summed E-state index contributed by atoms with van der Waals surface area (Å²) in [7, 11) is 0. The first-order chi connectivity index (χ1) is 18.2. The van der Waals surface area contributed by atoms with Crippen LogP contribution < -0.4 is 5.73 Å². The van der Waals surface area contributed by atoms with E-state index in [1.807, 2.05) is 0 Å². The first kappa shape index (κ1) is 36.4. The lowest BCUT2D eigenvalue weighted by Gasteiger charge is -2.08. The highest BCUT2D eigenvalue weighted by Crippen LogP contribution is 2.16. The van der Waals surface area contributed by atoms with Crippen molar-refractivity contribution in [2.75, 3.05) is 13.2 Å². The fourth-order valence-electron chi connectivity index (χ4n) is 5.13. The first-order valence-corrected chi connectivity index (χ1v) is 16.8. The molecule has 0 aromatic carbocycles. The number of carbonyl (C=O) groups is 1. The van der Waals surface area contributed by atoms with E-state index >= 15 is 0 Å². The first-order valence-electron chi connectivity index (χ1n) is 16.8. The molecule has 0 spiro atoms. The molecule has 0 saturated carbocycles. The smallest absolute Gasteiger partial charge is 0.325 e. The number of hydrogen-bond donors (Lipinski definition) is 2. The summed E-state index contributed by atoms with van der Waals surface area (Å²) in [4.78, 5) is 11.3. The van der Waals surface area contributed by atoms with E-state index in [2.05, 4.69) is 6.92 Å². The maximum Gasteiger partial charge on any atom is 0.325 e. The zero-order chi connectivity index (χ0) is 27.1. The van der Waals surface area contributed by atoms with Crippen LogP contribution in [0.2, 0.25) is 0 Å². The molecule has 0 unspecified atom stereocenters. The Labute approximate surface area is 232 Å². The second kappa shape index (κ2) is 31.6. The number of hydrogen-bond acceptors (Lipinski definition) is 4. The molecule has 0 aromatic heterocycles. The lowest BCUT2D eigenvalue weighted by molar-refractivity contribution is -0.146. The van der Waals surface area contributed by atoms with Gasteiger partial charge in [0.25, 0.3) is 0 Å². The maximum absolute atomic E-state index is 11.3. The van der Waals surface area contributed by atoms with E-state index < -0.39 is 12.0 Å². The van der Waals surface area contributed by atoms with Crippen LogP contribution in [0.1, 0.15) is 187 Å². The van der Waals surface area contributed by atoms with Crippen LogP contribution in [0.5, 0.6) is 0 Å². The molecule has 0 aliphatic carbocycles. The van der Waals surface area contributed by atoms with Crippen LogP contribution in [-0.4, -0.2) is 30.3 Å². The minimum absolute atomic E-state index is 0.349. The van der Waals surface area contributed by atoms with Crippen molar-refractivity contribution in [2.45, 2.75) is 193 Å². The molecule has 222 valence electrons. The SMILES string of the molecule is CCCCCCCCCCCCCCCCCCCCCCCCCCCCCCOC(=O)[C@@H](N)CO. The Morgan fingerprint density at radius 3 is 1.00 bits per heavy atom. The van der Waals surface area contributed by atoms with E-state index in [0.717, 1.165) is 12.8 Å². The van der Waals surface area contributed by atoms with Crippen molar-refractivity contribution in [3.05, 3.63) is 0 Å². The third-order valence-electron chi connectivity index (χ3n) is 7.74. The lowest BCUT2D eigenvalue weighted by Crippen LogP contribution is -2.35. The Morgan fingerprint density at radius 1 is 0.514 bits per heavy atom. The van der Waals surface area contributed by atoms with Crippen molar-refractivity contribution in [1.82, 2.24) is 0 Å². The van der Waals surface area contributed by atoms with Gasteiger partial charge in [0.1, 0.15) is 6.04 Å². The zero-order valence-corrected chi connectivity index (χ0v) is 25.1. The van der Waals surface area contributed by atoms with Gasteiger partial charge < -0.3 is 15.6 Å². The van der Waals surface area contributed by atoms with E-state index in [1.165, 1.54) is 167 Å². The standard InChI is InChI=1S/C33H67NO3/c1-2-3-4-5-6-7-8-9-10-11-12-13-14-15-16-17-18-19-20-21-22-23-24-25-26-27-28-29-30-37-33(36)32(34)31-35/h32,35H,2-31,34H2,1H3/t32-/m0/s1. The van der Waals surface area contributed by atoms with Gasteiger partial charge in [-0.1, -0.05) is 180 Å². The summed E-state index contributed by atoms with van der Waals surface area (Å²) in [5.41, 5.74) is 5.40. The van der Waals surface area contributed by atoms with Crippen molar-refractivity contribution in [3.8, 4) is 0 Å². The van der Waals surface area contributed by atoms with Crippen molar-refractivity contribution in [1.29, 1.82) is 0 Å². The Hall–Kier alpha value is -0.610. The minimum atomic E-state index is -0.890. The number of unbranched alkanes of at least 4 members (excludes halogenated alkanes) is 27. The third kappa shape index (κ3) is 29.8. The highest BCUT2D eigenvalue weighted by Gasteiger charge is 2.12. The van der Waals surface area contributed by atoms with Gasteiger partial charge in [-0.05, 0) is 6.42 Å². The number of carbonyl (C=O) groups excluding carboxylic acids is 1. The highest BCUT2D eigenvalue weighted by molar-refractivity contribution is 5.75. The van der Waals surface area contributed by atoms with E-state index in [-0.39, 0.29) is 6.61 Å². The van der Waals surface area contributed by atoms with Gasteiger partial charge in [-0.15, -0.1) is 0 Å². The van der Waals surface area contributed by atoms with Crippen LogP contribution in [-0.2, 0) is 9.53 Å². The monoisotopic (exact) mass is 526 g/mol. The zero-order valence-electron chi connectivity index (χ0n) is 25.1.